The average molecular weight is 2210 g/mol. The fourth-order valence-electron chi connectivity index (χ4n) is 14.2. The number of rotatable bonds is 40. The Kier molecular flexibility index (Phi) is 42.0. The number of nitrogens with zero attached hydrogens (tertiary/aromatic N) is 3. The molecule has 8 heterocycles. The summed E-state index contributed by atoms with van der Waals surface area (Å²) >= 11 is 26.1. The maximum atomic E-state index is 13.7. The molecule has 2 amide bonds. The van der Waals surface area contributed by atoms with Gasteiger partial charge in [0.15, 0.2) is 18.7 Å². The number of esters is 4. The lowest BCUT2D eigenvalue weighted by Crippen LogP contribution is -2.50. The van der Waals surface area contributed by atoms with Gasteiger partial charge in [0.25, 0.3) is 16.7 Å². The van der Waals surface area contributed by atoms with Crippen LogP contribution < -0.4 is 77.5 Å². The van der Waals surface area contributed by atoms with Crippen molar-refractivity contribution in [2.75, 3.05) is 33.0 Å². The molecule has 4 aromatic carbocycles. The molecule has 3 aromatic heterocycles. The summed E-state index contributed by atoms with van der Waals surface area (Å²) in [5, 5.41) is 55.6. The number of halogens is 4. The third-order valence-electron chi connectivity index (χ3n) is 21.6. The Morgan fingerprint density at radius 2 is 0.651 bits per heavy atom. The lowest BCUT2D eigenvalue weighted by molar-refractivity contribution is -0.150. The number of para-hydroxylation sites is 4. The van der Waals surface area contributed by atoms with Crippen molar-refractivity contribution in [3.8, 4) is 23.0 Å². The van der Waals surface area contributed by atoms with E-state index < -0.39 is 268 Å². The standard InChI is InChI=1S/C25H34ClN2O9P.3C22H29ClN3O9P/c1-15(23(32)34-14-24(2,3)4)28-38(33,37-16-9-7-6-8-10-16)35-13-18-20(30)25(5,26)21(36-18)17-11-12-19(29)27-22(17)31;3*1-13(2)33-19(29)14(3)25-36(31,35-15-8-6-5-7-9-15)32-12-16-18(28)22(4,23)20(34-16)26-11-10-17(27)24-21(26)30/h6-12,15,17-18,20-21,30H,13-14H2,1-5H3,(H,28,33)(H,27,29,31);3*5-11,13-14,16,18,20,28H,12H2,1-4H3,(H,25,31)(H,24,27,30)/t15-,17?,18-,20-,21+,25-,38?;14-,16-,18-,20-,22-,36?;14-,16-,18-,20-,22-,36+;14-,16-,18-,20-,22-,36-/m1111/s1. The van der Waals surface area contributed by atoms with Crippen molar-refractivity contribution in [3.05, 3.63) is 233 Å². The fourth-order valence-corrected chi connectivity index (χ4v) is 21.5. The highest BCUT2D eigenvalue weighted by Gasteiger charge is 2.60. The number of aliphatic hydroxyl groups excluding tert-OH is 4. The molecule has 7 aromatic rings. The van der Waals surface area contributed by atoms with Crippen molar-refractivity contribution in [1.82, 2.24) is 54.3 Å². The van der Waals surface area contributed by atoms with Gasteiger partial charge in [0.1, 0.15) is 111 Å². The summed E-state index contributed by atoms with van der Waals surface area (Å²) in [6.07, 6.45) is -9.68. The molecule has 0 spiro atoms. The summed E-state index contributed by atoms with van der Waals surface area (Å²) in [5.41, 5.74) is -4.46. The molecular formula is C91H121Cl4N11O36P4. The third kappa shape index (κ3) is 33.2. The first-order valence-electron chi connectivity index (χ1n) is 45.5. The Labute approximate surface area is 857 Å². The second kappa shape index (κ2) is 51.2. The molecule has 5 aliphatic rings. The molecule has 0 saturated carbocycles. The maximum absolute atomic E-state index is 13.7. The van der Waals surface area contributed by atoms with E-state index in [9.17, 15) is 96.2 Å². The van der Waals surface area contributed by atoms with E-state index in [4.69, 9.17) is 120 Å². The van der Waals surface area contributed by atoms with Crippen LogP contribution in [0.15, 0.2) is 199 Å². The Balaban J connectivity index is 0.000000217. The summed E-state index contributed by atoms with van der Waals surface area (Å²) in [7, 11) is -16.9. The van der Waals surface area contributed by atoms with Gasteiger partial charge >= 0.3 is 71.9 Å². The van der Waals surface area contributed by atoms with E-state index in [0.29, 0.717) is 0 Å². The average Bonchev–Trinajstić information content (AvgIpc) is 1.63. The van der Waals surface area contributed by atoms with E-state index >= 15 is 0 Å². The minimum Gasteiger partial charge on any atom is -0.464 e. The Hall–Kier alpha value is -9.68. The molecule has 25 atom stereocenters. The number of imide groups is 1. The molecule has 47 nitrogen and oxygen atoms in total. The summed E-state index contributed by atoms with van der Waals surface area (Å²) in [4.78, 5) is 144. The first-order chi connectivity index (χ1) is 68.1. The number of alkyl halides is 4. The molecule has 55 heteroatoms. The maximum Gasteiger partial charge on any atom is 0.459 e. The van der Waals surface area contributed by atoms with Crippen LogP contribution in [0.3, 0.4) is 0 Å². The summed E-state index contributed by atoms with van der Waals surface area (Å²) < 4.78 is 146. The van der Waals surface area contributed by atoms with Crippen LogP contribution in [0.5, 0.6) is 23.0 Å². The lowest BCUT2D eigenvalue weighted by Gasteiger charge is -2.30. The van der Waals surface area contributed by atoms with Gasteiger partial charge in [-0.1, -0.05) is 99.6 Å². The first-order valence-corrected chi connectivity index (χ1v) is 53.2. The van der Waals surface area contributed by atoms with Gasteiger partial charge in [0.2, 0.25) is 11.8 Å². The van der Waals surface area contributed by atoms with E-state index in [-0.39, 0.29) is 35.0 Å². The number of benzene rings is 4. The van der Waals surface area contributed by atoms with Crippen LogP contribution in [0, 0.1) is 11.3 Å². The third-order valence-corrected chi connectivity index (χ3v) is 29.9. The van der Waals surface area contributed by atoms with Gasteiger partial charge in [0, 0.05) is 42.9 Å². The normalized spacial score (nSPS) is 27.3. The molecule has 3 unspecified atom stereocenters. The highest BCUT2D eigenvalue weighted by Crippen LogP contribution is 2.54. The lowest BCUT2D eigenvalue weighted by atomic mass is 9.87. The van der Waals surface area contributed by atoms with E-state index in [2.05, 4.69) is 40.6 Å². The smallest absolute Gasteiger partial charge is 0.459 e. The van der Waals surface area contributed by atoms with E-state index in [0.717, 1.165) is 31.9 Å². The fraction of sp³-hybridized carbons (Fsp3) is 0.516. The number of ether oxygens (including phenoxy) is 8. The topological polar surface area (TPSA) is 624 Å². The van der Waals surface area contributed by atoms with Gasteiger partial charge in [-0.15, -0.1) is 46.4 Å². The molecule has 4 fully saturated rings. The van der Waals surface area contributed by atoms with Crippen molar-refractivity contribution < 1.29 is 142 Å². The summed E-state index contributed by atoms with van der Waals surface area (Å²) in [6.45, 7) is 25.6. The Morgan fingerprint density at radius 1 is 0.397 bits per heavy atom. The van der Waals surface area contributed by atoms with Gasteiger partial charge in [-0.25, -0.2) is 32.6 Å². The monoisotopic (exact) mass is 2210 g/mol. The zero-order chi connectivity index (χ0) is 108. The largest absolute Gasteiger partial charge is 0.464 e. The Bertz CT molecular complexity index is 5790. The van der Waals surface area contributed by atoms with Crippen LogP contribution in [0.4, 0.5) is 0 Å². The van der Waals surface area contributed by atoms with Crippen LogP contribution >= 0.6 is 77.4 Å². The molecule has 0 radical (unpaired) electrons. The molecule has 12 rings (SSSR count). The quantitative estimate of drug-likeness (QED) is 0.00563. The van der Waals surface area contributed by atoms with E-state index in [1.165, 1.54) is 86.1 Å². The predicted molar refractivity (Wildman–Crippen MR) is 528 cm³/mol. The summed E-state index contributed by atoms with van der Waals surface area (Å²) in [6, 6.07) is 31.7. The van der Waals surface area contributed by atoms with Gasteiger partial charge in [-0.05, 0) is 151 Å². The number of H-pyrrole nitrogens is 3. The number of aromatic amines is 3. The summed E-state index contributed by atoms with van der Waals surface area (Å²) in [5.74, 6) is -4.00. The SMILES string of the molecule is CC(C)OC(=O)[C@@H](C)NP(=O)(OC[C@H]1O[C@@H](n2ccc(=O)[nH]c2=O)[C@](C)(Cl)[C@@H]1O)Oc1ccccc1.CC(C)OC(=O)[C@@H](C)N[P@@](=O)(OC[C@H]1O[C@@H](n2ccc(=O)[nH]c2=O)[C@](C)(Cl)[C@@H]1O)Oc1ccccc1.CC(C)OC(=O)[C@@H](C)N[P@](=O)(OC[C@H]1O[C@@H](n2ccc(=O)[nH]c2=O)[C@](C)(Cl)[C@@H]1O)Oc1ccccc1.C[C@@H](NP(=O)(OC[C@H]1O[C@@H](C2C=CC(=O)NC2=O)[C@](C)(Cl)[C@@H]1O)Oc1ccccc1)C(=O)OCC(C)(C)C. The number of carbonyl (C=O) groups is 6. The molecule has 12 N–H and O–H groups in total. The molecule has 0 bridgehead atoms. The molecule has 146 heavy (non-hydrogen) atoms. The molecule has 0 aliphatic carbocycles. The molecular weight excluding hydrogens is 2090 g/mol. The Morgan fingerprint density at radius 3 is 0.897 bits per heavy atom. The van der Waals surface area contributed by atoms with Gasteiger partial charge in [-0.3, -0.25) is 95.2 Å². The number of hydrogen-bond donors (Lipinski definition) is 12. The number of aliphatic hydroxyl groups is 4. The van der Waals surface area contributed by atoms with Crippen LogP contribution in [-0.2, 0) is 103 Å². The number of amides is 2. The minimum atomic E-state index is -4.23. The predicted octanol–water partition coefficient (Wildman–Crippen LogP) is 8.49. The molecule has 4 saturated heterocycles. The highest BCUT2D eigenvalue weighted by atomic mass is 35.5. The van der Waals surface area contributed by atoms with Crippen LogP contribution in [0.25, 0.3) is 0 Å². The van der Waals surface area contributed by atoms with Crippen molar-refractivity contribution >= 4 is 113 Å². The van der Waals surface area contributed by atoms with Crippen molar-refractivity contribution in [2.24, 2.45) is 11.3 Å². The first kappa shape index (κ1) is 120. The molecule has 804 valence electrons. The second-order valence-corrected chi connectivity index (χ2v) is 46.7. The number of carbonyl (C=O) groups excluding carboxylic acids is 6. The van der Waals surface area contributed by atoms with Crippen LogP contribution in [0.1, 0.15) is 136 Å². The van der Waals surface area contributed by atoms with Gasteiger partial charge in [0.05, 0.1) is 68.2 Å². The number of aromatic nitrogens is 6. The van der Waals surface area contributed by atoms with Gasteiger partial charge in [-0.2, -0.15) is 20.3 Å². The highest BCUT2D eigenvalue weighted by molar-refractivity contribution is 7.53. The van der Waals surface area contributed by atoms with Crippen LogP contribution in [-0.4, -0.2) is 235 Å². The van der Waals surface area contributed by atoms with Gasteiger partial charge < -0.3 is 76.4 Å². The number of hydrogen-bond acceptors (Lipinski definition) is 36. The van der Waals surface area contributed by atoms with Crippen molar-refractivity contribution in [2.45, 2.75) is 253 Å². The van der Waals surface area contributed by atoms with E-state index in [1.807, 2.05) is 20.8 Å². The van der Waals surface area contributed by atoms with E-state index in [1.54, 1.807) is 163 Å². The zero-order valence-electron chi connectivity index (χ0n) is 82.2. The zero-order valence-corrected chi connectivity index (χ0v) is 88.8. The number of nitrogens with one attached hydrogen (secondary N) is 8. The second-order valence-electron chi connectivity index (χ2n) is 36.7. The van der Waals surface area contributed by atoms with Crippen LogP contribution in [0.2, 0.25) is 0 Å². The van der Waals surface area contributed by atoms with Crippen molar-refractivity contribution in [3.63, 3.8) is 0 Å². The minimum absolute atomic E-state index is 0.148. The molecule has 5 aliphatic heterocycles. The van der Waals surface area contributed by atoms with Crippen molar-refractivity contribution in [1.29, 1.82) is 0 Å².